The van der Waals surface area contributed by atoms with Crippen LogP contribution in [0.2, 0.25) is 0 Å². The first-order valence-corrected chi connectivity index (χ1v) is 6.23. The van der Waals surface area contributed by atoms with Crippen molar-refractivity contribution in [1.29, 1.82) is 0 Å². The summed E-state index contributed by atoms with van der Waals surface area (Å²) in [6.45, 7) is 1.97. The van der Waals surface area contributed by atoms with Gasteiger partial charge in [0.05, 0.1) is 4.92 Å². The van der Waals surface area contributed by atoms with E-state index in [0.29, 0.717) is 0 Å². The standard InChI is InChI=1S/C11H15NO3S/c1-9-10(8-16-7-3-6-13)4-2-5-11(9)12(14)15/h2,4-5,13H,3,6-8H2,1H3. The van der Waals surface area contributed by atoms with Crippen molar-refractivity contribution in [2.75, 3.05) is 12.4 Å². The molecular formula is C11H15NO3S. The molecule has 0 atom stereocenters. The van der Waals surface area contributed by atoms with E-state index in [0.717, 1.165) is 29.1 Å². The molecule has 0 radical (unpaired) electrons. The Bertz CT molecular complexity index is 368. The quantitative estimate of drug-likeness (QED) is 0.472. The topological polar surface area (TPSA) is 63.4 Å². The van der Waals surface area contributed by atoms with Gasteiger partial charge < -0.3 is 5.11 Å². The maximum atomic E-state index is 10.7. The lowest BCUT2D eigenvalue weighted by molar-refractivity contribution is -0.385. The number of benzene rings is 1. The summed E-state index contributed by atoms with van der Waals surface area (Å²) in [6, 6.07) is 5.15. The van der Waals surface area contributed by atoms with Crippen molar-refractivity contribution in [2.24, 2.45) is 0 Å². The van der Waals surface area contributed by atoms with Crippen LogP contribution in [0.4, 0.5) is 5.69 Å². The zero-order valence-corrected chi connectivity index (χ0v) is 10.00. The van der Waals surface area contributed by atoms with E-state index in [1.54, 1.807) is 24.8 Å². The van der Waals surface area contributed by atoms with Gasteiger partial charge in [0.1, 0.15) is 0 Å². The average molecular weight is 241 g/mol. The molecule has 0 aliphatic heterocycles. The molecule has 0 saturated heterocycles. The second kappa shape index (κ2) is 6.50. The van der Waals surface area contributed by atoms with Crippen LogP contribution in [0.3, 0.4) is 0 Å². The summed E-state index contributed by atoms with van der Waals surface area (Å²) in [5.41, 5.74) is 1.92. The van der Waals surface area contributed by atoms with Crippen LogP contribution in [-0.4, -0.2) is 22.4 Å². The van der Waals surface area contributed by atoms with Crippen LogP contribution in [-0.2, 0) is 5.75 Å². The number of nitrogens with zero attached hydrogens (tertiary/aromatic N) is 1. The molecule has 4 nitrogen and oxygen atoms in total. The minimum atomic E-state index is -0.350. The van der Waals surface area contributed by atoms with Gasteiger partial charge in [-0.15, -0.1) is 0 Å². The van der Waals surface area contributed by atoms with E-state index in [9.17, 15) is 10.1 Å². The maximum Gasteiger partial charge on any atom is 0.272 e. The summed E-state index contributed by atoms with van der Waals surface area (Å²) in [4.78, 5) is 10.4. The van der Waals surface area contributed by atoms with Gasteiger partial charge in [-0.05, 0) is 24.7 Å². The molecule has 0 unspecified atom stereocenters. The first-order chi connectivity index (χ1) is 7.66. The van der Waals surface area contributed by atoms with Gasteiger partial charge in [0, 0.05) is 24.0 Å². The highest BCUT2D eigenvalue weighted by Gasteiger charge is 2.12. The number of nitro benzene ring substituents is 1. The van der Waals surface area contributed by atoms with Crippen molar-refractivity contribution < 1.29 is 10.0 Å². The molecule has 0 spiro atoms. The van der Waals surface area contributed by atoms with Crippen molar-refractivity contribution in [3.05, 3.63) is 39.4 Å². The zero-order chi connectivity index (χ0) is 12.0. The molecule has 0 heterocycles. The molecule has 0 aliphatic rings. The van der Waals surface area contributed by atoms with Crippen LogP contribution in [0.25, 0.3) is 0 Å². The summed E-state index contributed by atoms with van der Waals surface area (Å²) in [7, 11) is 0. The van der Waals surface area contributed by atoms with Crippen molar-refractivity contribution in [3.8, 4) is 0 Å². The number of hydrogen-bond donors (Lipinski definition) is 1. The molecule has 5 heteroatoms. The summed E-state index contributed by atoms with van der Waals surface area (Å²) in [5.74, 6) is 1.63. The third kappa shape index (κ3) is 3.50. The minimum absolute atomic E-state index is 0.181. The third-order valence-corrected chi connectivity index (χ3v) is 3.41. The first kappa shape index (κ1) is 13.0. The number of aliphatic hydroxyl groups excluding tert-OH is 1. The molecule has 1 rings (SSSR count). The van der Waals surface area contributed by atoms with Gasteiger partial charge in [-0.3, -0.25) is 10.1 Å². The molecule has 0 aromatic heterocycles. The Balaban J connectivity index is 2.66. The van der Waals surface area contributed by atoms with E-state index >= 15 is 0 Å². The van der Waals surface area contributed by atoms with Gasteiger partial charge in [0.25, 0.3) is 5.69 Å². The lowest BCUT2D eigenvalue weighted by atomic mass is 10.1. The van der Waals surface area contributed by atoms with Crippen LogP contribution < -0.4 is 0 Å². The van der Waals surface area contributed by atoms with E-state index < -0.39 is 0 Å². The molecule has 0 saturated carbocycles. The van der Waals surface area contributed by atoms with Gasteiger partial charge >= 0.3 is 0 Å². The van der Waals surface area contributed by atoms with E-state index in [4.69, 9.17) is 5.11 Å². The summed E-state index contributed by atoms with van der Waals surface area (Å²) >= 11 is 1.68. The maximum absolute atomic E-state index is 10.7. The zero-order valence-electron chi connectivity index (χ0n) is 9.18. The normalized spacial score (nSPS) is 10.4. The molecular weight excluding hydrogens is 226 g/mol. The van der Waals surface area contributed by atoms with Crippen LogP contribution in [0, 0.1) is 17.0 Å². The van der Waals surface area contributed by atoms with Crippen LogP contribution >= 0.6 is 11.8 Å². The highest BCUT2D eigenvalue weighted by Crippen LogP contribution is 2.24. The Labute approximate surface area is 98.8 Å². The number of hydrogen-bond acceptors (Lipinski definition) is 4. The molecule has 0 aliphatic carbocycles. The second-order valence-corrected chi connectivity index (χ2v) is 4.55. The van der Waals surface area contributed by atoms with Gasteiger partial charge in [-0.1, -0.05) is 12.1 Å². The molecule has 16 heavy (non-hydrogen) atoms. The van der Waals surface area contributed by atoms with E-state index in [-0.39, 0.29) is 17.2 Å². The van der Waals surface area contributed by atoms with E-state index in [2.05, 4.69) is 0 Å². The lowest BCUT2D eigenvalue weighted by Crippen LogP contribution is -1.96. The van der Waals surface area contributed by atoms with Crippen molar-refractivity contribution in [2.45, 2.75) is 19.1 Å². The fourth-order valence-corrected chi connectivity index (χ4v) is 2.38. The second-order valence-electron chi connectivity index (χ2n) is 3.45. The molecule has 1 aromatic carbocycles. The van der Waals surface area contributed by atoms with Gasteiger partial charge in [0.15, 0.2) is 0 Å². The Kier molecular flexibility index (Phi) is 5.28. The number of nitro groups is 1. The molecule has 88 valence electrons. The van der Waals surface area contributed by atoms with E-state index in [1.807, 2.05) is 6.07 Å². The predicted octanol–water partition coefficient (Wildman–Crippen LogP) is 2.52. The van der Waals surface area contributed by atoms with Crippen molar-refractivity contribution in [3.63, 3.8) is 0 Å². The Morgan fingerprint density at radius 2 is 2.25 bits per heavy atom. The summed E-state index contributed by atoms with van der Waals surface area (Å²) < 4.78 is 0. The van der Waals surface area contributed by atoms with Crippen LogP contribution in [0.5, 0.6) is 0 Å². The van der Waals surface area contributed by atoms with E-state index in [1.165, 1.54) is 6.07 Å². The highest BCUT2D eigenvalue weighted by molar-refractivity contribution is 7.98. The molecule has 0 fully saturated rings. The first-order valence-electron chi connectivity index (χ1n) is 5.08. The number of aliphatic hydroxyl groups is 1. The molecule has 0 amide bonds. The average Bonchev–Trinajstić information content (AvgIpc) is 2.26. The van der Waals surface area contributed by atoms with Crippen LogP contribution in [0.15, 0.2) is 18.2 Å². The smallest absolute Gasteiger partial charge is 0.272 e. The Morgan fingerprint density at radius 1 is 1.50 bits per heavy atom. The number of thioether (sulfide) groups is 1. The summed E-state index contributed by atoms with van der Waals surface area (Å²) in [6.07, 6.45) is 0.763. The largest absolute Gasteiger partial charge is 0.396 e. The third-order valence-electron chi connectivity index (χ3n) is 2.32. The molecule has 1 aromatic rings. The fraction of sp³-hybridized carbons (Fsp3) is 0.455. The molecule has 1 N–H and O–H groups in total. The minimum Gasteiger partial charge on any atom is -0.396 e. The highest BCUT2D eigenvalue weighted by atomic mass is 32.2. The monoisotopic (exact) mass is 241 g/mol. The van der Waals surface area contributed by atoms with Crippen molar-refractivity contribution >= 4 is 17.4 Å². The van der Waals surface area contributed by atoms with Gasteiger partial charge in [-0.2, -0.15) is 11.8 Å². The van der Waals surface area contributed by atoms with Gasteiger partial charge in [-0.25, -0.2) is 0 Å². The Morgan fingerprint density at radius 3 is 2.88 bits per heavy atom. The van der Waals surface area contributed by atoms with Crippen molar-refractivity contribution in [1.82, 2.24) is 0 Å². The lowest BCUT2D eigenvalue weighted by Gasteiger charge is -2.05. The SMILES string of the molecule is Cc1c(CSCCCO)cccc1[N+](=O)[O-]. The van der Waals surface area contributed by atoms with Crippen LogP contribution in [0.1, 0.15) is 17.5 Å². The summed E-state index contributed by atoms with van der Waals surface area (Å²) in [5, 5.41) is 19.3. The number of rotatable bonds is 6. The Hall–Kier alpha value is -1.07. The van der Waals surface area contributed by atoms with Gasteiger partial charge in [0.2, 0.25) is 0 Å². The predicted molar refractivity (Wildman–Crippen MR) is 65.7 cm³/mol. The molecule has 0 bridgehead atoms. The fourth-order valence-electron chi connectivity index (χ4n) is 1.37.